The summed E-state index contributed by atoms with van der Waals surface area (Å²) in [4.78, 5) is 0. The van der Waals surface area contributed by atoms with Crippen molar-refractivity contribution >= 4 is 18.7 Å². The SMILES string of the molecule is C=C/C(B(O)O)=C(Cl)\C(N)=C/C. The Morgan fingerprint density at radius 3 is 2.33 bits per heavy atom. The molecule has 0 aromatic heterocycles. The van der Waals surface area contributed by atoms with Gasteiger partial charge in [0.1, 0.15) is 0 Å². The Bertz CT molecular complexity index is 236. The molecule has 3 nitrogen and oxygen atoms in total. The Kier molecular flexibility index (Phi) is 4.74. The molecule has 0 aliphatic carbocycles. The van der Waals surface area contributed by atoms with Gasteiger partial charge in [-0.25, -0.2) is 0 Å². The molecule has 12 heavy (non-hydrogen) atoms. The maximum Gasteiger partial charge on any atom is 0.490 e. The minimum atomic E-state index is -1.64. The standard InChI is InChI=1S/C7H11BClNO2/c1-3-5(8(11)12)7(9)6(10)4-2/h3-4,11-12H,1,10H2,2H3/b6-4+,7-5-. The van der Waals surface area contributed by atoms with Crippen molar-refractivity contribution in [3.8, 4) is 0 Å². The van der Waals surface area contributed by atoms with Gasteiger partial charge in [-0.1, -0.05) is 30.3 Å². The fourth-order valence-electron chi connectivity index (χ4n) is 0.602. The van der Waals surface area contributed by atoms with E-state index in [-0.39, 0.29) is 10.5 Å². The molecule has 0 aromatic carbocycles. The van der Waals surface area contributed by atoms with Gasteiger partial charge in [-0.15, -0.1) is 0 Å². The fourth-order valence-corrected chi connectivity index (χ4v) is 0.886. The van der Waals surface area contributed by atoms with Gasteiger partial charge in [0, 0.05) is 11.2 Å². The highest BCUT2D eigenvalue weighted by Gasteiger charge is 2.16. The maximum atomic E-state index is 8.79. The van der Waals surface area contributed by atoms with E-state index in [2.05, 4.69) is 6.58 Å². The van der Waals surface area contributed by atoms with Gasteiger partial charge in [0.25, 0.3) is 0 Å². The van der Waals surface area contributed by atoms with Gasteiger partial charge in [-0.05, 0) is 6.92 Å². The zero-order valence-electron chi connectivity index (χ0n) is 6.79. The first-order valence-corrected chi connectivity index (χ1v) is 3.72. The third kappa shape index (κ3) is 2.73. The summed E-state index contributed by atoms with van der Waals surface area (Å²) >= 11 is 5.69. The van der Waals surface area contributed by atoms with Crippen molar-refractivity contribution in [1.82, 2.24) is 0 Å². The Morgan fingerprint density at radius 1 is 1.58 bits per heavy atom. The van der Waals surface area contributed by atoms with Crippen LogP contribution in [0.4, 0.5) is 0 Å². The quantitative estimate of drug-likeness (QED) is 0.446. The topological polar surface area (TPSA) is 66.5 Å². The van der Waals surface area contributed by atoms with E-state index in [0.29, 0.717) is 5.70 Å². The first-order valence-electron chi connectivity index (χ1n) is 3.35. The van der Waals surface area contributed by atoms with Crippen LogP contribution in [0.2, 0.25) is 0 Å². The molecule has 0 aliphatic rings. The second-order valence-corrected chi connectivity index (χ2v) is 2.47. The van der Waals surface area contributed by atoms with Crippen LogP contribution in [0, 0.1) is 0 Å². The van der Waals surface area contributed by atoms with Gasteiger partial charge in [0.2, 0.25) is 0 Å². The molecule has 0 aliphatic heterocycles. The van der Waals surface area contributed by atoms with Crippen LogP contribution < -0.4 is 5.73 Å². The van der Waals surface area contributed by atoms with Gasteiger partial charge in [0.05, 0.1) is 5.03 Å². The van der Waals surface area contributed by atoms with Gasteiger partial charge in [-0.2, -0.15) is 0 Å². The number of halogens is 1. The van der Waals surface area contributed by atoms with Crippen molar-refractivity contribution in [2.45, 2.75) is 6.92 Å². The zero-order chi connectivity index (χ0) is 9.72. The summed E-state index contributed by atoms with van der Waals surface area (Å²) in [5, 5.41) is 17.7. The summed E-state index contributed by atoms with van der Waals surface area (Å²) in [6, 6.07) is 0. The average Bonchev–Trinajstić information content (AvgIpc) is 2.03. The molecule has 66 valence electrons. The van der Waals surface area contributed by atoms with Crippen LogP contribution in [0.25, 0.3) is 0 Å². The van der Waals surface area contributed by atoms with Crippen molar-refractivity contribution in [1.29, 1.82) is 0 Å². The van der Waals surface area contributed by atoms with Crippen LogP contribution in [0.15, 0.2) is 34.9 Å². The molecule has 0 saturated carbocycles. The lowest BCUT2D eigenvalue weighted by molar-refractivity contribution is 0.420. The molecule has 0 bridgehead atoms. The van der Waals surface area contributed by atoms with E-state index in [4.69, 9.17) is 27.4 Å². The largest absolute Gasteiger partial charge is 0.490 e. The molecule has 0 saturated heterocycles. The number of hydrogen-bond donors (Lipinski definition) is 3. The molecule has 5 heteroatoms. The maximum absolute atomic E-state index is 8.79. The summed E-state index contributed by atoms with van der Waals surface area (Å²) in [5.74, 6) is 0. The highest BCUT2D eigenvalue weighted by atomic mass is 35.5. The summed E-state index contributed by atoms with van der Waals surface area (Å²) in [6.07, 6.45) is 2.82. The van der Waals surface area contributed by atoms with Crippen LogP contribution in [-0.4, -0.2) is 17.2 Å². The normalized spacial score (nSPS) is 13.8. The van der Waals surface area contributed by atoms with Gasteiger partial charge in [0.15, 0.2) is 0 Å². The van der Waals surface area contributed by atoms with Crippen molar-refractivity contribution in [3.05, 3.63) is 34.9 Å². The molecule has 0 radical (unpaired) electrons. The molecule has 0 unspecified atom stereocenters. The first kappa shape index (κ1) is 11.3. The van der Waals surface area contributed by atoms with Gasteiger partial charge in [-0.3, -0.25) is 0 Å². The molecule has 0 aromatic rings. The highest BCUT2D eigenvalue weighted by molar-refractivity contribution is 6.55. The molecule has 4 N–H and O–H groups in total. The Hall–Kier alpha value is -0.705. The lowest BCUT2D eigenvalue weighted by atomic mass is 9.78. The monoisotopic (exact) mass is 187 g/mol. The predicted molar refractivity (Wildman–Crippen MR) is 51.2 cm³/mol. The fraction of sp³-hybridized carbons (Fsp3) is 0.143. The van der Waals surface area contributed by atoms with Crippen LogP contribution >= 0.6 is 11.6 Å². The smallest absolute Gasteiger partial charge is 0.423 e. The highest BCUT2D eigenvalue weighted by Crippen LogP contribution is 2.16. The van der Waals surface area contributed by atoms with Crippen molar-refractivity contribution < 1.29 is 10.0 Å². The summed E-state index contributed by atoms with van der Waals surface area (Å²) in [7, 11) is -1.64. The molecule has 0 amide bonds. The first-order chi connectivity index (χ1) is 5.54. The number of nitrogens with two attached hydrogens (primary N) is 1. The predicted octanol–water partition coefficient (Wildman–Crippen LogP) is 0.540. The lowest BCUT2D eigenvalue weighted by Crippen LogP contribution is -2.16. The lowest BCUT2D eigenvalue weighted by Gasteiger charge is -2.04. The van der Waals surface area contributed by atoms with Crippen LogP contribution in [-0.2, 0) is 0 Å². The number of allylic oxidation sites excluding steroid dienone is 4. The summed E-state index contributed by atoms with van der Waals surface area (Å²) < 4.78 is 0. The third-order valence-electron chi connectivity index (χ3n) is 1.32. The molecular formula is C7H11BClNO2. The van der Waals surface area contributed by atoms with Crippen LogP contribution in [0.1, 0.15) is 6.92 Å². The van der Waals surface area contributed by atoms with E-state index < -0.39 is 7.12 Å². The van der Waals surface area contributed by atoms with Crippen molar-refractivity contribution in [3.63, 3.8) is 0 Å². The van der Waals surface area contributed by atoms with Crippen LogP contribution in [0.5, 0.6) is 0 Å². The Balaban J connectivity index is 4.97. The molecular weight excluding hydrogens is 176 g/mol. The Morgan fingerprint density at radius 2 is 2.08 bits per heavy atom. The summed E-state index contributed by atoms with van der Waals surface area (Å²) in [5.41, 5.74) is 5.83. The van der Waals surface area contributed by atoms with Gasteiger partial charge < -0.3 is 15.8 Å². The third-order valence-corrected chi connectivity index (χ3v) is 1.75. The molecule has 0 heterocycles. The number of hydrogen-bond acceptors (Lipinski definition) is 3. The van der Waals surface area contributed by atoms with E-state index >= 15 is 0 Å². The molecule has 0 fully saturated rings. The minimum Gasteiger partial charge on any atom is -0.423 e. The van der Waals surface area contributed by atoms with Gasteiger partial charge >= 0.3 is 7.12 Å². The minimum absolute atomic E-state index is 0.104. The number of rotatable bonds is 3. The second kappa shape index (κ2) is 5.03. The van der Waals surface area contributed by atoms with E-state index in [1.807, 2.05) is 0 Å². The molecule has 0 atom stereocenters. The second-order valence-electron chi connectivity index (χ2n) is 2.09. The van der Waals surface area contributed by atoms with E-state index in [1.54, 1.807) is 13.0 Å². The van der Waals surface area contributed by atoms with Crippen molar-refractivity contribution in [2.75, 3.05) is 0 Å². The molecule has 0 rings (SSSR count). The van der Waals surface area contributed by atoms with E-state index in [9.17, 15) is 0 Å². The Labute approximate surface area is 77.0 Å². The van der Waals surface area contributed by atoms with Crippen LogP contribution in [0.3, 0.4) is 0 Å². The average molecular weight is 187 g/mol. The summed E-state index contributed by atoms with van der Waals surface area (Å²) in [6.45, 7) is 5.07. The van der Waals surface area contributed by atoms with Crippen molar-refractivity contribution in [2.24, 2.45) is 5.73 Å². The van der Waals surface area contributed by atoms with E-state index in [1.165, 1.54) is 6.08 Å². The molecule has 0 spiro atoms. The zero-order valence-corrected chi connectivity index (χ0v) is 7.54. The van der Waals surface area contributed by atoms with E-state index in [0.717, 1.165) is 0 Å².